The number of rotatable bonds is 7. The number of anilines is 1. The zero-order chi connectivity index (χ0) is 26.3. The maximum absolute atomic E-state index is 12.4. The number of carbonyl (C=O) groups is 3. The maximum Gasteiger partial charge on any atom is 0.343 e. The van der Waals surface area contributed by atoms with E-state index in [0.717, 1.165) is 6.21 Å². The first-order valence-corrected chi connectivity index (χ1v) is 10.8. The fourth-order valence-corrected chi connectivity index (χ4v) is 2.82. The predicted molar refractivity (Wildman–Crippen MR) is 134 cm³/mol. The van der Waals surface area contributed by atoms with Crippen molar-refractivity contribution in [1.29, 1.82) is 0 Å². The molecule has 0 fully saturated rings. The van der Waals surface area contributed by atoms with Gasteiger partial charge in [-0.25, -0.2) is 10.2 Å². The molecule has 0 aromatic heterocycles. The summed E-state index contributed by atoms with van der Waals surface area (Å²) in [7, 11) is 0. The molecule has 3 rings (SSSR count). The van der Waals surface area contributed by atoms with Crippen LogP contribution < -0.4 is 15.5 Å². The quantitative estimate of drug-likeness (QED) is 0.164. The van der Waals surface area contributed by atoms with Gasteiger partial charge in [-0.2, -0.15) is 5.10 Å². The van der Waals surface area contributed by atoms with E-state index >= 15 is 0 Å². The van der Waals surface area contributed by atoms with Gasteiger partial charge < -0.3 is 10.1 Å². The molecule has 10 nitrogen and oxygen atoms in total. The number of non-ortho nitro benzene ring substituents is 1. The average Bonchev–Trinajstić information content (AvgIpc) is 2.85. The number of carbonyl (C=O) groups excluding carboxylic acids is 3. The minimum Gasteiger partial charge on any atom is -0.422 e. The highest BCUT2D eigenvalue weighted by Gasteiger charge is 2.21. The van der Waals surface area contributed by atoms with Gasteiger partial charge in [0.1, 0.15) is 5.75 Å². The summed E-state index contributed by atoms with van der Waals surface area (Å²) in [6.45, 7) is 5.37. The van der Waals surface area contributed by atoms with E-state index in [9.17, 15) is 24.5 Å². The zero-order valence-electron chi connectivity index (χ0n) is 19.8. The smallest absolute Gasteiger partial charge is 0.343 e. The number of benzene rings is 3. The van der Waals surface area contributed by atoms with E-state index in [1.165, 1.54) is 30.3 Å². The summed E-state index contributed by atoms with van der Waals surface area (Å²) in [6, 6.07) is 18.1. The molecular weight excluding hydrogens is 464 g/mol. The normalized spacial score (nSPS) is 11.1. The third-order valence-corrected chi connectivity index (χ3v) is 4.87. The molecule has 2 N–H and O–H groups in total. The van der Waals surface area contributed by atoms with E-state index in [1.54, 1.807) is 63.2 Å². The van der Waals surface area contributed by atoms with Crippen molar-refractivity contribution in [1.82, 2.24) is 5.43 Å². The first kappa shape index (κ1) is 25.8. The van der Waals surface area contributed by atoms with Gasteiger partial charge >= 0.3 is 5.97 Å². The summed E-state index contributed by atoms with van der Waals surface area (Å²) in [5, 5.41) is 17.8. The van der Waals surface area contributed by atoms with E-state index < -0.39 is 22.2 Å². The van der Waals surface area contributed by atoms with Gasteiger partial charge in [0.05, 0.1) is 16.7 Å². The topological polar surface area (TPSA) is 140 Å². The standard InChI is InChI=1S/C26H24N4O6/c1-26(2,3)25(33)28-20-11-9-17(10-12-20)23(31)29-27-16-19-15-21(30(34)35)13-14-22(19)36-24(32)18-7-5-4-6-8-18/h4-16H,1-3H3,(H,28,33)(H,29,31)/b27-16+. The molecule has 0 aliphatic rings. The van der Waals surface area contributed by atoms with E-state index in [4.69, 9.17) is 4.74 Å². The number of nitrogens with one attached hydrogen (secondary N) is 2. The first-order valence-electron chi connectivity index (χ1n) is 10.8. The van der Waals surface area contributed by atoms with Crippen molar-refractivity contribution in [3.05, 3.63) is 99.6 Å². The van der Waals surface area contributed by atoms with Crippen LogP contribution in [0.15, 0.2) is 77.9 Å². The highest BCUT2D eigenvalue weighted by Crippen LogP contribution is 2.24. The molecule has 10 heteroatoms. The second-order valence-electron chi connectivity index (χ2n) is 8.72. The molecule has 0 aliphatic carbocycles. The molecule has 2 amide bonds. The number of hydrogen-bond acceptors (Lipinski definition) is 7. The van der Waals surface area contributed by atoms with Crippen LogP contribution in [-0.2, 0) is 4.79 Å². The van der Waals surface area contributed by atoms with Crippen molar-refractivity contribution in [2.45, 2.75) is 20.8 Å². The number of nitrogens with zero attached hydrogens (tertiary/aromatic N) is 2. The highest BCUT2D eigenvalue weighted by atomic mass is 16.6. The van der Waals surface area contributed by atoms with E-state index in [0.29, 0.717) is 11.3 Å². The Kier molecular flexibility index (Phi) is 7.90. The molecule has 36 heavy (non-hydrogen) atoms. The minimum absolute atomic E-state index is 0.0337. The molecule has 184 valence electrons. The van der Waals surface area contributed by atoms with Crippen LogP contribution >= 0.6 is 0 Å². The number of nitro benzene ring substituents is 1. The Labute approximate surface area is 207 Å². The van der Waals surface area contributed by atoms with Gasteiger partial charge in [0.15, 0.2) is 0 Å². The second-order valence-corrected chi connectivity index (χ2v) is 8.72. The minimum atomic E-state index is -0.651. The fraction of sp³-hybridized carbons (Fsp3) is 0.154. The fourth-order valence-electron chi connectivity index (χ4n) is 2.82. The Morgan fingerprint density at radius 1 is 0.944 bits per heavy atom. The zero-order valence-corrected chi connectivity index (χ0v) is 19.8. The van der Waals surface area contributed by atoms with Gasteiger partial charge in [0, 0.05) is 34.4 Å². The Hall–Kier alpha value is -4.86. The third kappa shape index (κ3) is 6.83. The van der Waals surface area contributed by atoms with Gasteiger partial charge in [0.2, 0.25) is 5.91 Å². The van der Waals surface area contributed by atoms with Crippen molar-refractivity contribution in [3.63, 3.8) is 0 Å². The number of amides is 2. The van der Waals surface area contributed by atoms with Crippen molar-refractivity contribution in [2.75, 3.05) is 5.32 Å². The predicted octanol–water partition coefficient (Wildman–Crippen LogP) is 4.56. The summed E-state index contributed by atoms with van der Waals surface area (Å²) in [6.07, 6.45) is 1.15. The summed E-state index contributed by atoms with van der Waals surface area (Å²) < 4.78 is 5.38. The van der Waals surface area contributed by atoms with Gasteiger partial charge in [0.25, 0.3) is 11.6 Å². The van der Waals surface area contributed by atoms with Gasteiger partial charge in [-0.3, -0.25) is 19.7 Å². The van der Waals surface area contributed by atoms with Crippen molar-refractivity contribution >= 4 is 35.4 Å². The molecule has 0 bridgehead atoms. The second kappa shape index (κ2) is 11.0. The van der Waals surface area contributed by atoms with Crippen LogP contribution in [0.2, 0.25) is 0 Å². The number of esters is 1. The van der Waals surface area contributed by atoms with Crippen LogP contribution in [0.5, 0.6) is 5.75 Å². The van der Waals surface area contributed by atoms with Gasteiger partial charge in [-0.1, -0.05) is 39.0 Å². The maximum atomic E-state index is 12.4. The summed E-state index contributed by atoms with van der Waals surface area (Å²) in [5.41, 5.74) is 2.75. The molecule has 3 aromatic rings. The molecule has 3 aromatic carbocycles. The molecule has 0 unspecified atom stereocenters. The lowest BCUT2D eigenvalue weighted by Gasteiger charge is -2.17. The number of ether oxygens (including phenoxy) is 1. The molecular formula is C26H24N4O6. The Morgan fingerprint density at radius 3 is 2.22 bits per heavy atom. The number of hydrazone groups is 1. The largest absolute Gasteiger partial charge is 0.422 e. The van der Waals surface area contributed by atoms with Crippen molar-refractivity contribution < 1.29 is 24.0 Å². The Balaban J connectivity index is 1.72. The lowest BCUT2D eigenvalue weighted by Crippen LogP contribution is -2.27. The van der Waals surface area contributed by atoms with Crippen LogP contribution in [0.1, 0.15) is 47.1 Å². The summed E-state index contributed by atoms with van der Waals surface area (Å²) >= 11 is 0. The monoisotopic (exact) mass is 488 g/mol. The lowest BCUT2D eigenvalue weighted by molar-refractivity contribution is -0.384. The SMILES string of the molecule is CC(C)(C)C(=O)Nc1ccc(C(=O)N/N=C/c2cc([N+](=O)[O-])ccc2OC(=O)c2ccccc2)cc1. The third-order valence-electron chi connectivity index (χ3n) is 4.87. The van der Waals surface area contributed by atoms with Crippen LogP contribution in [0.4, 0.5) is 11.4 Å². The van der Waals surface area contributed by atoms with E-state index in [1.807, 2.05) is 0 Å². The Bertz CT molecular complexity index is 1310. The van der Waals surface area contributed by atoms with Crippen LogP contribution in [-0.4, -0.2) is 28.9 Å². The van der Waals surface area contributed by atoms with Crippen molar-refractivity contribution in [3.8, 4) is 5.75 Å². The molecule has 0 spiro atoms. The van der Waals surface area contributed by atoms with E-state index in [2.05, 4.69) is 15.8 Å². The molecule has 0 atom stereocenters. The summed E-state index contributed by atoms with van der Waals surface area (Å²) in [4.78, 5) is 47.5. The number of hydrogen-bond donors (Lipinski definition) is 2. The van der Waals surface area contributed by atoms with Crippen LogP contribution in [0, 0.1) is 15.5 Å². The summed E-state index contributed by atoms with van der Waals surface area (Å²) in [5.74, 6) is -1.33. The van der Waals surface area contributed by atoms with Gasteiger partial charge in [-0.15, -0.1) is 0 Å². The molecule has 0 saturated heterocycles. The lowest BCUT2D eigenvalue weighted by atomic mass is 9.95. The molecule has 0 aliphatic heterocycles. The van der Waals surface area contributed by atoms with Gasteiger partial charge in [-0.05, 0) is 42.5 Å². The van der Waals surface area contributed by atoms with Crippen LogP contribution in [0.3, 0.4) is 0 Å². The molecule has 0 saturated carbocycles. The van der Waals surface area contributed by atoms with Crippen molar-refractivity contribution in [2.24, 2.45) is 10.5 Å². The average molecular weight is 489 g/mol. The Morgan fingerprint density at radius 2 is 1.61 bits per heavy atom. The molecule has 0 heterocycles. The first-order chi connectivity index (χ1) is 17.0. The highest BCUT2D eigenvalue weighted by molar-refractivity contribution is 5.98. The van der Waals surface area contributed by atoms with Crippen LogP contribution in [0.25, 0.3) is 0 Å². The number of nitro groups is 1. The van der Waals surface area contributed by atoms with E-state index in [-0.39, 0.29) is 28.5 Å². The molecule has 0 radical (unpaired) electrons.